The molecule has 0 spiro atoms. The van der Waals surface area contributed by atoms with Crippen molar-refractivity contribution < 1.29 is 9.15 Å². The molecule has 106 valence electrons. The number of aromatic nitrogens is 1. The quantitative estimate of drug-likeness (QED) is 0.916. The molecule has 4 bridgehead atoms. The molecule has 5 nitrogen and oxygen atoms in total. The Bertz CT molecular complexity index is 532. The summed E-state index contributed by atoms with van der Waals surface area (Å²) in [5.41, 5.74) is 0.221. The molecular weight excluding hydrogens is 254 g/mol. The molecule has 4 fully saturated rings. The average molecular weight is 273 g/mol. The summed E-state index contributed by atoms with van der Waals surface area (Å²) in [7, 11) is 1.49. The highest BCUT2D eigenvalue weighted by atomic mass is 16.6. The summed E-state index contributed by atoms with van der Waals surface area (Å²) in [6.45, 7) is 0. The Morgan fingerprint density at radius 3 is 2.35 bits per heavy atom. The Morgan fingerprint density at radius 1 is 1.20 bits per heavy atom. The van der Waals surface area contributed by atoms with Crippen LogP contribution < -0.4 is 10.1 Å². The number of nitrogens with one attached hydrogen (secondary N) is 1. The van der Waals surface area contributed by atoms with Gasteiger partial charge in [-0.25, -0.2) is 0 Å². The van der Waals surface area contributed by atoms with Crippen LogP contribution in [0.25, 0.3) is 0 Å². The fourth-order valence-corrected chi connectivity index (χ4v) is 4.88. The highest BCUT2D eigenvalue weighted by molar-refractivity contribution is 5.37. The van der Waals surface area contributed by atoms with Gasteiger partial charge in [0.05, 0.1) is 7.11 Å². The van der Waals surface area contributed by atoms with Crippen molar-refractivity contribution in [1.82, 2.24) is 4.98 Å². The molecule has 5 rings (SSSR count). The van der Waals surface area contributed by atoms with E-state index in [0.29, 0.717) is 12.1 Å². The number of ether oxygens (including phenoxy) is 1. The first-order chi connectivity index (χ1) is 9.76. The monoisotopic (exact) mass is 273 g/mol. The standard InChI is InChI=1S/C15H19N3O2/c1-19-14-12(7-16)17-15(20-14)18-13-10-3-8-2-9(5-10)6-11(13)4-8/h8-11,13H,2-6H2,1H3,(H,17,18). The van der Waals surface area contributed by atoms with Crippen LogP contribution in [-0.4, -0.2) is 18.1 Å². The maximum atomic E-state index is 8.99. The molecular formula is C15H19N3O2. The lowest BCUT2D eigenvalue weighted by Gasteiger charge is -2.54. The van der Waals surface area contributed by atoms with Crippen molar-refractivity contribution in [2.75, 3.05) is 12.4 Å². The van der Waals surface area contributed by atoms with Gasteiger partial charge in [0.15, 0.2) is 0 Å². The molecule has 0 saturated heterocycles. The van der Waals surface area contributed by atoms with E-state index >= 15 is 0 Å². The lowest BCUT2D eigenvalue weighted by Crippen LogP contribution is -2.51. The van der Waals surface area contributed by atoms with E-state index in [1.165, 1.54) is 39.2 Å². The van der Waals surface area contributed by atoms with Crippen molar-refractivity contribution in [3.8, 4) is 12.0 Å². The van der Waals surface area contributed by atoms with E-state index < -0.39 is 0 Å². The Morgan fingerprint density at radius 2 is 1.85 bits per heavy atom. The summed E-state index contributed by atoms with van der Waals surface area (Å²) in [5, 5.41) is 12.4. The van der Waals surface area contributed by atoms with Crippen LogP contribution >= 0.6 is 0 Å². The topological polar surface area (TPSA) is 71.1 Å². The van der Waals surface area contributed by atoms with E-state index in [2.05, 4.69) is 10.3 Å². The average Bonchev–Trinajstić information content (AvgIpc) is 2.84. The zero-order chi connectivity index (χ0) is 13.7. The number of oxazole rings is 1. The zero-order valence-electron chi connectivity index (χ0n) is 11.6. The van der Waals surface area contributed by atoms with Crippen LogP contribution in [-0.2, 0) is 0 Å². The first-order valence-corrected chi connectivity index (χ1v) is 7.48. The number of nitrogens with zero attached hydrogens (tertiary/aromatic N) is 2. The Balaban J connectivity index is 1.54. The van der Waals surface area contributed by atoms with Gasteiger partial charge in [0.25, 0.3) is 6.01 Å². The number of hydrogen-bond acceptors (Lipinski definition) is 5. The fraction of sp³-hybridized carbons (Fsp3) is 0.733. The summed E-state index contributed by atoms with van der Waals surface area (Å²) in [5.74, 6) is 3.59. The molecule has 4 aliphatic carbocycles. The SMILES string of the molecule is COc1oc(NC2C3CC4CC(C3)CC2C4)nc1C#N. The van der Waals surface area contributed by atoms with Gasteiger partial charge in [-0.3, -0.25) is 0 Å². The van der Waals surface area contributed by atoms with Crippen LogP contribution in [0.4, 0.5) is 6.01 Å². The molecule has 4 saturated carbocycles. The second-order valence-electron chi connectivity index (χ2n) is 6.57. The van der Waals surface area contributed by atoms with E-state index in [-0.39, 0.29) is 11.6 Å². The predicted molar refractivity (Wildman–Crippen MR) is 72.2 cm³/mol. The van der Waals surface area contributed by atoms with Crippen LogP contribution in [0.5, 0.6) is 5.95 Å². The minimum Gasteiger partial charge on any atom is -0.466 e. The molecule has 0 radical (unpaired) electrons. The maximum absolute atomic E-state index is 8.99. The minimum absolute atomic E-state index is 0.207. The van der Waals surface area contributed by atoms with Crippen molar-refractivity contribution >= 4 is 6.01 Å². The van der Waals surface area contributed by atoms with Crippen molar-refractivity contribution in [2.45, 2.75) is 38.1 Å². The summed E-state index contributed by atoms with van der Waals surface area (Å²) < 4.78 is 10.5. The summed E-state index contributed by atoms with van der Waals surface area (Å²) in [6, 6.07) is 2.90. The molecule has 0 amide bonds. The Kier molecular flexibility index (Phi) is 2.66. The van der Waals surface area contributed by atoms with Crippen molar-refractivity contribution in [3.05, 3.63) is 5.69 Å². The van der Waals surface area contributed by atoms with E-state index in [1.54, 1.807) is 0 Å². The second-order valence-corrected chi connectivity index (χ2v) is 6.57. The van der Waals surface area contributed by atoms with E-state index in [9.17, 15) is 0 Å². The van der Waals surface area contributed by atoms with Crippen LogP contribution in [0.2, 0.25) is 0 Å². The van der Waals surface area contributed by atoms with Gasteiger partial charge in [-0.1, -0.05) is 0 Å². The lowest BCUT2D eigenvalue weighted by atomic mass is 9.54. The number of anilines is 1. The molecule has 20 heavy (non-hydrogen) atoms. The van der Waals surface area contributed by atoms with Gasteiger partial charge in [-0.05, 0) is 55.8 Å². The highest BCUT2D eigenvalue weighted by Crippen LogP contribution is 2.54. The molecule has 0 aliphatic heterocycles. The van der Waals surface area contributed by atoms with Crippen LogP contribution in [0.1, 0.15) is 37.8 Å². The number of methoxy groups -OCH3 is 1. The van der Waals surface area contributed by atoms with Gasteiger partial charge < -0.3 is 14.5 Å². The smallest absolute Gasteiger partial charge is 0.325 e. The largest absolute Gasteiger partial charge is 0.466 e. The van der Waals surface area contributed by atoms with E-state index in [4.69, 9.17) is 14.4 Å². The Labute approximate surface area is 118 Å². The number of nitriles is 1. The molecule has 1 N–H and O–H groups in total. The lowest BCUT2D eigenvalue weighted by molar-refractivity contribution is 0.00670. The predicted octanol–water partition coefficient (Wildman–Crippen LogP) is 2.79. The molecule has 1 heterocycles. The molecule has 1 aromatic rings. The summed E-state index contributed by atoms with van der Waals surface area (Å²) >= 11 is 0. The summed E-state index contributed by atoms with van der Waals surface area (Å²) in [4.78, 5) is 4.19. The second kappa shape index (κ2) is 4.41. The minimum atomic E-state index is 0.207. The van der Waals surface area contributed by atoms with Crippen molar-refractivity contribution in [1.29, 1.82) is 5.26 Å². The van der Waals surface area contributed by atoms with Gasteiger partial charge >= 0.3 is 5.95 Å². The number of hydrogen-bond donors (Lipinski definition) is 1. The van der Waals surface area contributed by atoms with Gasteiger partial charge in [0.1, 0.15) is 6.07 Å². The first-order valence-electron chi connectivity index (χ1n) is 7.48. The third-order valence-electron chi connectivity index (χ3n) is 5.40. The van der Waals surface area contributed by atoms with Crippen molar-refractivity contribution in [2.24, 2.45) is 23.7 Å². The Hall–Kier alpha value is -1.70. The van der Waals surface area contributed by atoms with Crippen molar-refractivity contribution in [3.63, 3.8) is 0 Å². The first kappa shape index (κ1) is 12.1. The van der Waals surface area contributed by atoms with Gasteiger partial charge in [-0.15, -0.1) is 0 Å². The molecule has 5 heteroatoms. The molecule has 4 aliphatic rings. The molecule has 0 unspecified atom stereocenters. The fourth-order valence-electron chi connectivity index (χ4n) is 4.88. The van der Waals surface area contributed by atoms with Crippen LogP contribution in [0.3, 0.4) is 0 Å². The maximum Gasteiger partial charge on any atom is 0.325 e. The summed E-state index contributed by atoms with van der Waals surface area (Å²) in [6.07, 6.45) is 6.81. The zero-order valence-corrected chi connectivity index (χ0v) is 11.6. The third kappa shape index (κ3) is 1.78. The normalized spacial score (nSPS) is 37.7. The highest BCUT2D eigenvalue weighted by Gasteiger charge is 2.48. The third-order valence-corrected chi connectivity index (χ3v) is 5.40. The van der Waals surface area contributed by atoms with Crippen LogP contribution in [0, 0.1) is 35.0 Å². The van der Waals surface area contributed by atoms with Gasteiger partial charge in [-0.2, -0.15) is 10.2 Å². The molecule has 1 aromatic heterocycles. The van der Waals surface area contributed by atoms with Crippen LogP contribution in [0.15, 0.2) is 4.42 Å². The molecule has 0 aromatic carbocycles. The van der Waals surface area contributed by atoms with Gasteiger partial charge in [0.2, 0.25) is 5.69 Å². The van der Waals surface area contributed by atoms with Gasteiger partial charge in [0, 0.05) is 6.04 Å². The number of rotatable bonds is 3. The van der Waals surface area contributed by atoms with E-state index in [0.717, 1.165) is 23.7 Å². The van der Waals surface area contributed by atoms with E-state index in [1.807, 2.05) is 6.07 Å². The molecule has 0 atom stereocenters.